The van der Waals surface area contributed by atoms with Gasteiger partial charge in [-0.3, -0.25) is 4.79 Å². The van der Waals surface area contributed by atoms with E-state index in [4.69, 9.17) is 18.9 Å². The minimum atomic E-state index is -0.671. The highest BCUT2D eigenvalue weighted by Crippen LogP contribution is 2.31. The molecule has 0 heterocycles. The number of benzene rings is 2. The summed E-state index contributed by atoms with van der Waals surface area (Å²) in [4.78, 5) is 12.6. The standard InChI is InChI=1S/C21H27NO5/c1-6-16(15-11-12-18(25-4)20(13-15)26-5)22-21(23)14(2)27-19-10-8-7-9-17(19)24-3/h7-14,16H,6H2,1-5H3,(H,22,23)/t14-,16-/m1/s1. The third-order valence-electron chi connectivity index (χ3n) is 4.28. The number of ether oxygens (including phenoxy) is 4. The van der Waals surface area contributed by atoms with Crippen molar-refractivity contribution in [2.75, 3.05) is 21.3 Å². The Labute approximate surface area is 160 Å². The van der Waals surface area contributed by atoms with Crippen molar-refractivity contribution in [2.24, 2.45) is 0 Å². The smallest absolute Gasteiger partial charge is 0.261 e. The molecule has 0 saturated heterocycles. The lowest BCUT2D eigenvalue weighted by Gasteiger charge is -2.22. The van der Waals surface area contributed by atoms with Gasteiger partial charge in [0.1, 0.15) is 0 Å². The van der Waals surface area contributed by atoms with Crippen LogP contribution in [0.25, 0.3) is 0 Å². The maximum Gasteiger partial charge on any atom is 0.261 e. The Bertz CT molecular complexity index is 762. The lowest BCUT2D eigenvalue weighted by molar-refractivity contribution is -0.128. The van der Waals surface area contributed by atoms with Gasteiger partial charge in [-0.2, -0.15) is 0 Å². The lowest BCUT2D eigenvalue weighted by atomic mass is 10.0. The zero-order valence-corrected chi connectivity index (χ0v) is 16.4. The molecule has 0 unspecified atom stereocenters. The molecule has 6 nitrogen and oxygen atoms in total. The summed E-state index contributed by atoms with van der Waals surface area (Å²) in [5, 5.41) is 3.03. The van der Waals surface area contributed by atoms with E-state index in [0.717, 1.165) is 12.0 Å². The number of carbonyl (C=O) groups excluding carboxylic acids is 1. The molecule has 0 spiro atoms. The van der Waals surface area contributed by atoms with E-state index in [1.54, 1.807) is 40.4 Å². The molecule has 0 aromatic heterocycles. The van der Waals surface area contributed by atoms with Gasteiger partial charge in [-0.25, -0.2) is 0 Å². The molecule has 0 aliphatic heterocycles. The highest BCUT2D eigenvalue weighted by molar-refractivity contribution is 5.81. The first-order valence-corrected chi connectivity index (χ1v) is 8.86. The van der Waals surface area contributed by atoms with Gasteiger partial charge < -0.3 is 24.3 Å². The van der Waals surface area contributed by atoms with E-state index in [-0.39, 0.29) is 11.9 Å². The van der Waals surface area contributed by atoms with Gasteiger partial charge in [0.25, 0.3) is 5.91 Å². The Kier molecular flexibility index (Phi) is 7.34. The van der Waals surface area contributed by atoms with E-state index in [9.17, 15) is 4.79 Å². The monoisotopic (exact) mass is 373 g/mol. The molecule has 0 radical (unpaired) electrons. The summed E-state index contributed by atoms with van der Waals surface area (Å²) >= 11 is 0. The van der Waals surface area contributed by atoms with E-state index in [1.165, 1.54) is 0 Å². The highest BCUT2D eigenvalue weighted by atomic mass is 16.5. The van der Waals surface area contributed by atoms with E-state index >= 15 is 0 Å². The number of rotatable bonds is 9. The third kappa shape index (κ3) is 5.06. The largest absolute Gasteiger partial charge is 0.493 e. The highest BCUT2D eigenvalue weighted by Gasteiger charge is 2.21. The van der Waals surface area contributed by atoms with E-state index in [1.807, 2.05) is 37.3 Å². The average molecular weight is 373 g/mol. The number of hydrogen-bond acceptors (Lipinski definition) is 5. The maximum atomic E-state index is 12.6. The number of para-hydroxylation sites is 2. The van der Waals surface area contributed by atoms with Crippen LogP contribution in [0.15, 0.2) is 42.5 Å². The second-order valence-electron chi connectivity index (χ2n) is 5.99. The molecule has 1 N–H and O–H groups in total. The fourth-order valence-corrected chi connectivity index (χ4v) is 2.74. The van der Waals surface area contributed by atoms with Crippen LogP contribution in [0.2, 0.25) is 0 Å². The van der Waals surface area contributed by atoms with Gasteiger partial charge in [0.05, 0.1) is 27.4 Å². The molecule has 0 fully saturated rings. The molecule has 0 aliphatic rings. The Morgan fingerprint density at radius 3 is 2.11 bits per heavy atom. The fourth-order valence-electron chi connectivity index (χ4n) is 2.74. The SMILES string of the molecule is CC[C@@H](NC(=O)[C@@H](C)Oc1ccccc1OC)c1ccc(OC)c(OC)c1. The zero-order chi connectivity index (χ0) is 19.8. The van der Waals surface area contributed by atoms with Crippen LogP contribution in [0.1, 0.15) is 31.9 Å². The van der Waals surface area contributed by atoms with Crippen molar-refractivity contribution in [3.63, 3.8) is 0 Å². The lowest BCUT2D eigenvalue weighted by Crippen LogP contribution is -2.38. The van der Waals surface area contributed by atoms with Crippen LogP contribution in [0.5, 0.6) is 23.0 Å². The molecule has 2 aromatic carbocycles. The van der Waals surface area contributed by atoms with Crippen LogP contribution in [0.3, 0.4) is 0 Å². The Morgan fingerprint density at radius 1 is 0.926 bits per heavy atom. The molecule has 2 aromatic rings. The molecule has 0 bridgehead atoms. The Morgan fingerprint density at radius 2 is 1.52 bits per heavy atom. The third-order valence-corrected chi connectivity index (χ3v) is 4.28. The molecule has 0 saturated carbocycles. The summed E-state index contributed by atoms with van der Waals surface area (Å²) in [6, 6.07) is 12.7. The predicted octanol–water partition coefficient (Wildman–Crippen LogP) is 3.75. The van der Waals surface area contributed by atoms with Gasteiger partial charge >= 0.3 is 0 Å². The second kappa shape index (κ2) is 9.71. The normalized spacial score (nSPS) is 12.6. The summed E-state index contributed by atoms with van der Waals surface area (Å²) < 4.78 is 21.7. The molecular formula is C21H27NO5. The van der Waals surface area contributed by atoms with Crippen LogP contribution < -0.4 is 24.3 Å². The van der Waals surface area contributed by atoms with Crippen LogP contribution in [-0.2, 0) is 4.79 Å². The van der Waals surface area contributed by atoms with E-state index < -0.39 is 6.10 Å². The van der Waals surface area contributed by atoms with Crippen LogP contribution in [-0.4, -0.2) is 33.3 Å². The van der Waals surface area contributed by atoms with Crippen molar-refractivity contribution in [1.29, 1.82) is 0 Å². The summed E-state index contributed by atoms with van der Waals surface area (Å²) in [5.41, 5.74) is 0.938. The molecule has 2 rings (SSSR count). The Balaban J connectivity index is 2.10. The van der Waals surface area contributed by atoms with Crippen LogP contribution in [0, 0.1) is 0 Å². The molecular weight excluding hydrogens is 346 g/mol. The van der Waals surface area contributed by atoms with Gasteiger partial charge in [-0.15, -0.1) is 0 Å². The van der Waals surface area contributed by atoms with E-state index in [2.05, 4.69) is 5.32 Å². The van der Waals surface area contributed by atoms with Gasteiger partial charge in [-0.1, -0.05) is 25.1 Å². The topological polar surface area (TPSA) is 66.0 Å². The molecule has 2 atom stereocenters. The number of hydrogen-bond donors (Lipinski definition) is 1. The molecule has 146 valence electrons. The quantitative estimate of drug-likeness (QED) is 0.725. The number of methoxy groups -OCH3 is 3. The summed E-state index contributed by atoms with van der Waals surface area (Å²) in [6.45, 7) is 3.72. The van der Waals surface area contributed by atoms with Crippen molar-refractivity contribution >= 4 is 5.91 Å². The Hall–Kier alpha value is -2.89. The first-order valence-electron chi connectivity index (χ1n) is 8.86. The van der Waals surface area contributed by atoms with Gasteiger partial charge in [0.2, 0.25) is 0 Å². The average Bonchev–Trinajstić information content (AvgIpc) is 2.71. The van der Waals surface area contributed by atoms with Crippen molar-refractivity contribution in [3.8, 4) is 23.0 Å². The molecule has 6 heteroatoms. The van der Waals surface area contributed by atoms with Gasteiger partial charge in [0, 0.05) is 0 Å². The molecule has 27 heavy (non-hydrogen) atoms. The van der Waals surface area contributed by atoms with Gasteiger partial charge in [-0.05, 0) is 43.2 Å². The number of carbonyl (C=O) groups is 1. The number of amides is 1. The van der Waals surface area contributed by atoms with E-state index in [0.29, 0.717) is 23.0 Å². The second-order valence-corrected chi connectivity index (χ2v) is 5.99. The molecule has 0 aliphatic carbocycles. The summed E-state index contributed by atoms with van der Waals surface area (Å²) in [7, 11) is 4.74. The van der Waals surface area contributed by atoms with Crippen molar-refractivity contribution in [3.05, 3.63) is 48.0 Å². The van der Waals surface area contributed by atoms with Crippen LogP contribution >= 0.6 is 0 Å². The van der Waals surface area contributed by atoms with Crippen molar-refractivity contribution in [1.82, 2.24) is 5.32 Å². The van der Waals surface area contributed by atoms with Gasteiger partial charge in [0.15, 0.2) is 29.1 Å². The summed E-state index contributed by atoms with van der Waals surface area (Å²) in [5.74, 6) is 2.18. The first-order chi connectivity index (χ1) is 13.0. The minimum absolute atomic E-state index is 0.166. The number of nitrogens with one attached hydrogen (secondary N) is 1. The molecule has 1 amide bonds. The predicted molar refractivity (Wildman–Crippen MR) is 104 cm³/mol. The zero-order valence-electron chi connectivity index (χ0n) is 16.4. The fraction of sp³-hybridized carbons (Fsp3) is 0.381. The van der Waals surface area contributed by atoms with Crippen LogP contribution in [0.4, 0.5) is 0 Å². The summed E-state index contributed by atoms with van der Waals surface area (Å²) in [6.07, 6.45) is 0.0540. The maximum absolute atomic E-state index is 12.6. The minimum Gasteiger partial charge on any atom is -0.493 e. The van der Waals surface area contributed by atoms with Crippen molar-refractivity contribution < 1.29 is 23.7 Å². The van der Waals surface area contributed by atoms with Crippen molar-refractivity contribution in [2.45, 2.75) is 32.4 Å². The first kappa shape index (κ1) is 20.4.